The summed E-state index contributed by atoms with van der Waals surface area (Å²) in [5.74, 6) is -2.28. The van der Waals surface area contributed by atoms with Gasteiger partial charge in [0.25, 0.3) is 0 Å². The molecule has 1 aliphatic heterocycles. The lowest BCUT2D eigenvalue weighted by Crippen LogP contribution is -2.32. The van der Waals surface area contributed by atoms with Crippen LogP contribution in [0.25, 0.3) is 6.08 Å². The van der Waals surface area contributed by atoms with Crippen molar-refractivity contribution < 1.29 is 28.6 Å². The highest BCUT2D eigenvalue weighted by Crippen LogP contribution is 2.39. The maximum absolute atomic E-state index is 13.0. The van der Waals surface area contributed by atoms with Gasteiger partial charge in [0.2, 0.25) is 0 Å². The number of rotatable bonds is 10. The third kappa shape index (κ3) is 6.89. The first-order chi connectivity index (χ1) is 18.3. The molecule has 196 valence electrons. The molecule has 0 saturated heterocycles. The van der Waals surface area contributed by atoms with Crippen molar-refractivity contribution >= 4 is 35.6 Å². The second-order valence-electron chi connectivity index (χ2n) is 8.25. The number of allylic oxidation sites excluding steroid dienone is 2. The van der Waals surface area contributed by atoms with E-state index in [9.17, 15) is 14.4 Å². The Hall–Kier alpha value is -4.36. The molecule has 0 fully saturated rings. The Morgan fingerprint density at radius 3 is 1.97 bits per heavy atom. The molecule has 0 saturated carbocycles. The van der Waals surface area contributed by atoms with Crippen LogP contribution in [-0.2, 0) is 23.9 Å². The van der Waals surface area contributed by atoms with Crippen LogP contribution in [0.5, 0.6) is 5.75 Å². The van der Waals surface area contributed by atoms with Gasteiger partial charge in [-0.3, -0.25) is 0 Å². The van der Waals surface area contributed by atoms with Gasteiger partial charge >= 0.3 is 17.9 Å². The van der Waals surface area contributed by atoms with E-state index >= 15 is 0 Å². The van der Waals surface area contributed by atoms with E-state index in [-0.39, 0.29) is 30.1 Å². The van der Waals surface area contributed by atoms with Gasteiger partial charge in [-0.05, 0) is 49.2 Å². The molecule has 38 heavy (non-hydrogen) atoms. The third-order valence-electron chi connectivity index (χ3n) is 5.60. The van der Waals surface area contributed by atoms with Crippen molar-refractivity contribution in [3.8, 4) is 5.75 Å². The van der Waals surface area contributed by atoms with Crippen LogP contribution in [0.15, 0.2) is 102 Å². The van der Waals surface area contributed by atoms with E-state index in [1.807, 2.05) is 6.07 Å². The van der Waals surface area contributed by atoms with Crippen LogP contribution in [0.2, 0.25) is 5.02 Å². The summed E-state index contributed by atoms with van der Waals surface area (Å²) in [4.78, 5) is 38.4. The average molecular weight is 534 g/mol. The maximum Gasteiger partial charge on any atom is 0.337 e. The molecule has 0 radical (unpaired) electrons. The van der Waals surface area contributed by atoms with E-state index in [1.54, 1.807) is 62.4 Å². The summed E-state index contributed by atoms with van der Waals surface area (Å²) in [6, 6.07) is 13.6. The number of hydrogen-bond acceptors (Lipinski definition) is 7. The number of benzene rings is 2. The summed E-state index contributed by atoms with van der Waals surface area (Å²) >= 11 is 6.11. The van der Waals surface area contributed by atoms with Crippen molar-refractivity contribution in [1.82, 2.24) is 5.32 Å². The fourth-order valence-electron chi connectivity index (χ4n) is 3.94. The van der Waals surface area contributed by atoms with Crippen LogP contribution in [0.3, 0.4) is 0 Å². The molecule has 1 aliphatic rings. The fourth-order valence-corrected chi connectivity index (χ4v) is 4.14. The zero-order valence-corrected chi connectivity index (χ0v) is 21.9. The molecule has 8 heteroatoms. The maximum atomic E-state index is 13.0. The molecule has 1 N–H and O–H groups in total. The van der Waals surface area contributed by atoms with Crippen LogP contribution in [-0.4, -0.2) is 31.1 Å². The lowest BCUT2D eigenvalue weighted by molar-refractivity contribution is -0.139. The largest absolute Gasteiger partial charge is 0.458 e. The monoisotopic (exact) mass is 533 g/mol. The highest BCUT2D eigenvalue weighted by molar-refractivity contribution is 6.32. The number of ether oxygens (including phenoxy) is 3. The summed E-state index contributed by atoms with van der Waals surface area (Å²) < 4.78 is 16.0. The normalized spacial score (nSPS) is 13.7. The highest BCUT2D eigenvalue weighted by atomic mass is 35.5. The first-order valence-electron chi connectivity index (χ1n) is 11.8. The summed E-state index contributed by atoms with van der Waals surface area (Å²) in [5.41, 5.74) is 2.89. The minimum Gasteiger partial charge on any atom is -0.458 e. The lowest BCUT2D eigenvalue weighted by Gasteiger charge is -2.30. The Morgan fingerprint density at radius 1 is 0.895 bits per heavy atom. The summed E-state index contributed by atoms with van der Waals surface area (Å²) in [7, 11) is 0. The van der Waals surface area contributed by atoms with Gasteiger partial charge in [0.1, 0.15) is 19.0 Å². The third-order valence-corrected chi connectivity index (χ3v) is 5.95. The SMILES string of the molecule is C=CCOC(=O)C1=C(C)NC(C)=C(C(=O)OCC=C)C1c1ccc(OC(=O)/C=C/c2ccccc2Cl)cc1. The number of esters is 3. The van der Waals surface area contributed by atoms with Gasteiger partial charge in [-0.2, -0.15) is 0 Å². The van der Waals surface area contributed by atoms with Crippen molar-refractivity contribution in [3.05, 3.63) is 119 Å². The number of carbonyl (C=O) groups excluding carboxylic acids is 3. The minimum absolute atomic E-state index is 0.0118. The van der Waals surface area contributed by atoms with Gasteiger partial charge < -0.3 is 19.5 Å². The molecule has 0 aromatic heterocycles. The Morgan fingerprint density at radius 2 is 1.45 bits per heavy atom. The van der Waals surface area contributed by atoms with E-state index in [0.29, 0.717) is 27.5 Å². The molecule has 0 spiro atoms. The van der Waals surface area contributed by atoms with Crippen molar-refractivity contribution in [3.63, 3.8) is 0 Å². The van der Waals surface area contributed by atoms with Crippen molar-refractivity contribution in [2.45, 2.75) is 19.8 Å². The Bertz CT molecular complexity index is 1290. The van der Waals surface area contributed by atoms with Crippen molar-refractivity contribution in [1.29, 1.82) is 0 Å². The van der Waals surface area contributed by atoms with Gasteiger partial charge in [-0.25, -0.2) is 14.4 Å². The summed E-state index contributed by atoms with van der Waals surface area (Å²) in [6.07, 6.45) is 5.77. The Labute approximate surface area is 226 Å². The number of nitrogens with one attached hydrogen (secondary N) is 1. The van der Waals surface area contributed by atoms with E-state index in [2.05, 4.69) is 18.5 Å². The standard InChI is InChI=1S/C30H28ClNO6/c1-5-17-36-29(34)26-19(3)32-20(4)27(30(35)37-18-6-2)28(26)22-11-14-23(15-12-22)38-25(33)16-13-21-9-7-8-10-24(21)31/h5-16,28,32H,1-2,17-18H2,3-4H3/b16-13+. The number of dihydropyridines is 1. The fraction of sp³-hybridized carbons (Fsp3) is 0.167. The highest BCUT2D eigenvalue weighted by Gasteiger charge is 2.38. The van der Waals surface area contributed by atoms with Gasteiger partial charge in [0, 0.05) is 22.5 Å². The topological polar surface area (TPSA) is 90.9 Å². The predicted molar refractivity (Wildman–Crippen MR) is 146 cm³/mol. The predicted octanol–water partition coefficient (Wildman–Crippen LogP) is 5.65. The van der Waals surface area contributed by atoms with Crippen LogP contribution < -0.4 is 10.1 Å². The first kappa shape index (κ1) is 28.2. The molecule has 0 unspecified atom stereocenters. The second-order valence-corrected chi connectivity index (χ2v) is 8.66. The van der Waals surface area contributed by atoms with Crippen LogP contribution in [0.1, 0.15) is 30.9 Å². The molecule has 1 heterocycles. The van der Waals surface area contributed by atoms with E-state index in [1.165, 1.54) is 18.2 Å². The molecule has 2 aromatic carbocycles. The molecule has 0 atom stereocenters. The van der Waals surface area contributed by atoms with Crippen LogP contribution in [0, 0.1) is 0 Å². The second kappa shape index (κ2) is 13.3. The van der Waals surface area contributed by atoms with Crippen molar-refractivity contribution in [2.75, 3.05) is 13.2 Å². The van der Waals surface area contributed by atoms with Gasteiger partial charge in [0.15, 0.2) is 0 Å². The summed E-state index contributed by atoms with van der Waals surface area (Å²) in [5, 5.41) is 3.60. The molecule has 7 nitrogen and oxygen atoms in total. The van der Waals surface area contributed by atoms with Gasteiger partial charge in [-0.1, -0.05) is 67.2 Å². The number of hydrogen-bond donors (Lipinski definition) is 1. The molecule has 0 amide bonds. The molecule has 0 bridgehead atoms. The van der Waals surface area contributed by atoms with E-state index < -0.39 is 23.8 Å². The minimum atomic E-state index is -0.782. The van der Waals surface area contributed by atoms with Crippen molar-refractivity contribution in [2.24, 2.45) is 0 Å². The number of halogens is 1. The zero-order chi connectivity index (χ0) is 27.7. The smallest absolute Gasteiger partial charge is 0.337 e. The van der Waals surface area contributed by atoms with Gasteiger partial charge in [0.05, 0.1) is 17.1 Å². The number of carbonyl (C=O) groups is 3. The van der Waals surface area contributed by atoms with Gasteiger partial charge in [-0.15, -0.1) is 0 Å². The molecule has 2 aromatic rings. The Balaban J connectivity index is 1.90. The molecule has 0 aliphatic carbocycles. The molecule has 3 rings (SSSR count). The molecular formula is C30H28ClNO6. The van der Waals surface area contributed by atoms with E-state index in [0.717, 1.165) is 0 Å². The lowest BCUT2D eigenvalue weighted by atomic mass is 9.80. The van der Waals surface area contributed by atoms with Crippen LogP contribution >= 0.6 is 11.6 Å². The average Bonchev–Trinajstić information content (AvgIpc) is 2.90. The van der Waals surface area contributed by atoms with Crippen LogP contribution in [0.4, 0.5) is 0 Å². The quantitative estimate of drug-likeness (QED) is 0.182. The van der Waals surface area contributed by atoms with E-state index in [4.69, 9.17) is 25.8 Å². The zero-order valence-electron chi connectivity index (χ0n) is 21.2. The summed E-state index contributed by atoms with van der Waals surface area (Å²) in [6.45, 7) is 10.6. The Kier molecular flexibility index (Phi) is 9.85. The first-order valence-corrected chi connectivity index (χ1v) is 12.1. The molecular weight excluding hydrogens is 506 g/mol.